The Kier molecular flexibility index (Phi) is 2.91. The molecule has 19 heavy (non-hydrogen) atoms. The van der Waals surface area contributed by atoms with E-state index in [2.05, 4.69) is 20.4 Å². The number of halogens is 1. The highest BCUT2D eigenvalue weighted by atomic mass is 19.1. The molecule has 3 aromatic rings. The number of hydrogen-bond acceptors (Lipinski definition) is 3. The van der Waals surface area contributed by atoms with Crippen molar-refractivity contribution in [3.63, 3.8) is 0 Å². The second-order valence-corrected chi connectivity index (χ2v) is 4.45. The lowest BCUT2D eigenvalue weighted by atomic mass is 10.3. The van der Waals surface area contributed by atoms with Gasteiger partial charge < -0.3 is 10.3 Å². The summed E-state index contributed by atoms with van der Waals surface area (Å²) in [6.45, 7) is 3.45. The number of aromatic nitrogens is 4. The van der Waals surface area contributed by atoms with Crippen molar-refractivity contribution in [2.45, 2.75) is 13.5 Å². The van der Waals surface area contributed by atoms with Crippen LogP contribution in [0.25, 0.3) is 11.0 Å². The van der Waals surface area contributed by atoms with Gasteiger partial charge in [-0.15, -0.1) is 0 Å². The molecule has 0 radical (unpaired) electrons. The Morgan fingerprint density at radius 2 is 2.32 bits per heavy atom. The van der Waals surface area contributed by atoms with Gasteiger partial charge in [0.2, 0.25) is 5.95 Å². The Labute approximate surface area is 109 Å². The number of nitrogens with zero attached hydrogens (tertiary/aromatic N) is 3. The summed E-state index contributed by atoms with van der Waals surface area (Å²) in [6, 6.07) is 4.49. The third-order valence-electron chi connectivity index (χ3n) is 2.84. The Hall–Kier alpha value is -2.37. The van der Waals surface area contributed by atoms with Crippen LogP contribution in [0.2, 0.25) is 0 Å². The molecule has 0 saturated carbocycles. The van der Waals surface area contributed by atoms with E-state index in [1.807, 2.05) is 24.0 Å². The summed E-state index contributed by atoms with van der Waals surface area (Å²) in [4.78, 5) is 7.36. The second-order valence-electron chi connectivity index (χ2n) is 4.45. The third-order valence-corrected chi connectivity index (χ3v) is 2.84. The predicted molar refractivity (Wildman–Crippen MR) is 71.5 cm³/mol. The molecule has 98 valence electrons. The van der Waals surface area contributed by atoms with Crippen LogP contribution in [0.15, 0.2) is 30.6 Å². The number of aryl methyl sites for hydroxylation is 1. The first-order valence-corrected chi connectivity index (χ1v) is 6.09. The number of imidazole rings is 1. The van der Waals surface area contributed by atoms with E-state index in [1.54, 1.807) is 6.07 Å². The van der Waals surface area contributed by atoms with Crippen LogP contribution in [0.4, 0.5) is 10.3 Å². The van der Waals surface area contributed by atoms with Crippen molar-refractivity contribution >= 4 is 17.0 Å². The van der Waals surface area contributed by atoms with Crippen LogP contribution >= 0.6 is 0 Å². The molecule has 0 spiro atoms. The van der Waals surface area contributed by atoms with E-state index in [0.29, 0.717) is 18.0 Å². The fourth-order valence-corrected chi connectivity index (χ4v) is 1.94. The van der Waals surface area contributed by atoms with E-state index in [9.17, 15) is 4.39 Å². The summed E-state index contributed by atoms with van der Waals surface area (Å²) in [6.07, 6.45) is 3.81. The number of rotatable bonds is 4. The number of nitrogens with one attached hydrogen (secondary N) is 2. The SMILES string of the molecule is Cc1cnn(CCNc2nc3ccc(F)cc3[nH]2)c1. The number of hydrogen-bond donors (Lipinski definition) is 2. The van der Waals surface area contributed by atoms with E-state index in [4.69, 9.17) is 0 Å². The zero-order valence-electron chi connectivity index (χ0n) is 10.5. The summed E-state index contributed by atoms with van der Waals surface area (Å²) in [5.41, 5.74) is 2.58. The molecule has 3 rings (SSSR count). The molecule has 5 nitrogen and oxygen atoms in total. The lowest BCUT2D eigenvalue weighted by molar-refractivity contribution is 0.629. The van der Waals surface area contributed by atoms with Crippen LogP contribution in [0, 0.1) is 12.7 Å². The number of fused-ring (bicyclic) bond motifs is 1. The standard InChI is InChI=1S/C13H14FN5/c1-9-7-16-19(8-9)5-4-15-13-17-11-3-2-10(14)6-12(11)18-13/h2-3,6-8H,4-5H2,1H3,(H2,15,17,18). The molecule has 0 saturated heterocycles. The van der Waals surface area contributed by atoms with Gasteiger partial charge in [0.15, 0.2) is 0 Å². The molecule has 2 aromatic heterocycles. The smallest absolute Gasteiger partial charge is 0.201 e. The highest BCUT2D eigenvalue weighted by Gasteiger charge is 2.03. The summed E-state index contributed by atoms with van der Waals surface area (Å²) in [5.74, 6) is 0.374. The summed E-state index contributed by atoms with van der Waals surface area (Å²) in [5, 5.41) is 7.36. The van der Waals surface area contributed by atoms with E-state index in [1.165, 1.54) is 12.1 Å². The third kappa shape index (κ3) is 2.57. The Morgan fingerprint density at radius 3 is 3.11 bits per heavy atom. The fraction of sp³-hybridized carbons (Fsp3) is 0.231. The van der Waals surface area contributed by atoms with Crippen molar-refractivity contribution in [2.24, 2.45) is 0 Å². The predicted octanol–water partition coefficient (Wildman–Crippen LogP) is 2.32. The molecule has 0 unspecified atom stereocenters. The summed E-state index contributed by atoms with van der Waals surface area (Å²) >= 11 is 0. The fourth-order valence-electron chi connectivity index (χ4n) is 1.94. The first-order chi connectivity index (χ1) is 9.20. The Balaban J connectivity index is 1.65. The molecule has 0 amide bonds. The minimum absolute atomic E-state index is 0.269. The second kappa shape index (κ2) is 4.72. The first kappa shape index (κ1) is 11.7. The Morgan fingerprint density at radius 1 is 1.42 bits per heavy atom. The van der Waals surface area contributed by atoms with Gasteiger partial charge in [0, 0.05) is 12.7 Å². The quantitative estimate of drug-likeness (QED) is 0.756. The molecule has 1 aromatic carbocycles. The summed E-state index contributed by atoms with van der Waals surface area (Å²) in [7, 11) is 0. The van der Waals surface area contributed by atoms with E-state index >= 15 is 0 Å². The van der Waals surface area contributed by atoms with Gasteiger partial charge in [-0.05, 0) is 30.7 Å². The first-order valence-electron chi connectivity index (χ1n) is 6.09. The van der Waals surface area contributed by atoms with Gasteiger partial charge in [0.05, 0.1) is 23.8 Å². The molecule has 2 heterocycles. The normalized spacial score (nSPS) is 11.1. The number of benzene rings is 1. The molecule has 0 aliphatic heterocycles. The van der Waals surface area contributed by atoms with E-state index in [0.717, 1.165) is 17.6 Å². The lowest BCUT2D eigenvalue weighted by Crippen LogP contribution is -2.11. The molecule has 2 N–H and O–H groups in total. The van der Waals surface area contributed by atoms with Gasteiger partial charge in [0.1, 0.15) is 5.82 Å². The number of H-pyrrole nitrogens is 1. The van der Waals surface area contributed by atoms with Crippen molar-refractivity contribution < 1.29 is 4.39 Å². The lowest BCUT2D eigenvalue weighted by Gasteiger charge is -2.02. The van der Waals surface area contributed by atoms with Gasteiger partial charge >= 0.3 is 0 Å². The van der Waals surface area contributed by atoms with Crippen molar-refractivity contribution in [1.29, 1.82) is 0 Å². The maximum absolute atomic E-state index is 13.0. The zero-order chi connectivity index (χ0) is 13.2. The molecule has 6 heteroatoms. The average Bonchev–Trinajstić information content (AvgIpc) is 2.95. The van der Waals surface area contributed by atoms with Crippen LogP contribution in [0.3, 0.4) is 0 Å². The van der Waals surface area contributed by atoms with Crippen molar-refractivity contribution in [1.82, 2.24) is 19.7 Å². The van der Waals surface area contributed by atoms with Crippen molar-refractivity contribution in [2.75, 3.05) is 11.9 Å². The van der Waals surface area contributed by atoms with Gasteiger partial charge in [-0.25, -0.2) is 9.37 Å². The monoisotopic (exact) mass is 259 g/mol. The van der Waals surface area contributed by atoms with Gasteiger partial charge in [-0.3, -0.25) is 4.68 Å². The molecule has 0 aliphatic rings. The zero-order valence-corrected chi connectivity index (χ0v) is 10.5. The van der Waals surface area contributed by atoms with Crippen molar-refractivity contribution in [3.8, 4) is 0 Å². The van der Waals surface area contributed by atoms with Crippen molar-refractivity contribution in [3.05, 3.63) is 42.0 Å². The molecule has 0 bridgehead atoms. The van der Waals surface area contributed by atoms with Gasteiger partial charge in [0.25, 0.3) is 0 Å². The molecule has 0 fully saturated rings. The maximum atomic E-state index is 13.0. The molecule has 0 aliphatic carbocycles. The summed E-state index contributed by atoms with van der Waals surface area (Å²) < 4.78 is 14.9. The highest BCUT2D eigenvalue weighted by molar-refractivity contribution is 5.77. The number of anilines is 1. The minimum atomic E-state index is -0.269. The largest absolute Gasteiger partial charge is 0.354 e. The van der Waals surface area contributed by atoms with Crippen LogP contribution in [0.5, 0.6) is 0 Å². The number of aromatic amines is 1. The van der Waals surface area contributed by atoms with Crippen LogP contribution < -0.4 is 5.32 Å². The van der Waals surface area contributed by atoms with Gasteiger partial charge in [-0.1, -0.05) is 0 Å². The van der Waals surface area contributed by atoms with Crippen LogP contribution in [-0.4, -0.2) is 26.3 Å². The molecular formula is C13H14FN5. The molecular weight excluding hydrogens is 245 g/mol. The average molecular weight is 259 g/mol. The van der Waals surface area contributed by atoms with Gasteiger partial charge in [-0.2, -0.15) is 5.10 Å². The maximum Gasteiger partial charge on any atom is 0.201 e. The highest BCUT2D eigenvalue weighted by Crippen LogP contribution is 2.15. The van der Waals surface area contributed by atoms with Crippen LogP contribution in [0.1, 0.15) is 5.56 Å². The van der Waals surface area contributed by atoms with E-state index < -0.39 is 0 Å². The molecule has 0 atom stereocenters. The van der Waals surface area contributed by atoms with Crippen LogP contribution in [-0.2, 0) is 6.54 Å². The van der Waals surface area contributed by atoms with E-state index in [-0.39, 0.29) is 5.82 Å². The Bertz CT molecular complexity index is 700. The topological polar surface area (TPSA) is 58.5 Å². The minimum Gasteiger partial charge on any atom is -0.354 e.